The number of anilines is 1. The summed E-state index contributed by atoms with van der Waals surface area (Å²) < 4.78 is 11.1. The van der Waals surface area contributed by atoms with Crippen molar-refractivity contribution in [2.45, 2.75) is 6.92 Å². The van der Waals surface area contributed by atoms with Crippen molar-refractivity contribution < 1.29 is 13.9 Å². The van der Waals surface area contributed by atoms with Crippen LogP contribution in [0.3, 0.4) is 0 Å². The predicted octanol–water partition coefficient (Wildman–Crippen LogP) is 5.03. The first kappa shape index (κ1) is 18.5. The molecule has 0 radical (unpaired) electrons. The minimum Gasteiger partial charge on any atom is -0.497 e. The fourth-order valence-electron chi connectivity index (χ4n) is 3.21. The lowest BCUT2D eigenvalue weighted by Gasteiger charge is -2.12. The molecule has 0 aliphatic carbocycles. The van der Waals surface area contributed by atoms with E-state index in [-0.39, 0.29) is 17.2 Å². The van der Waals surface area contributed by atoms with E-state index in [1.165, 1.54) is 0 Å². The maximum Gasteiger partial charge on any atom is 0.257 e. The molecule has 1 aromatic heterocycles. The summed E-state index contributed by atoms with van der Waals surface area (Å²) in [5.74, 6) is 0.402. The number of ether oxygens (including phenoxy) is 1. The number of hydrogen-bond donors (Lipinski definition) is 1. The third-order valence-electron chi connectivity index (χ3n) is 4.68. The molecule has 3 aromatic carbocycles. The van der Waals surface area contributed by atoms with E-state index >= 15 is 0 Å². The predicted molar refractivity (Wildman–Crippen MR) is 114 cm³/mol. The molecule has 0 atom stereocenters. The molecule has 144 valence electrons. The number of amides is 1. The van der Waals surface area contributed by atoms with Crippen molar-refractivity contribution >= 4 is 22.8 Å². The lowest BCUT2D eigenvalue weighted by Crippen LogP contribution is -2.16. The van der Waals surface area contributed by atoms with Crippen LogP contribution in [0.1, 0.15) is 15.9 Å². The van der Waals surface area contributed by atoms with Crippen LogP contribution < -0.4 is 15.5 Å². The van der Waals surface area contributed by atoms with Crippen LogP contribution >= 0.6 is 0 Å². The van der Waals surface area contributed by atoms with E-state index in [9.17, 15) is 9.59 Å². The van der Waals surface area contributed by atoms with E-state index in [2.05, 4.69) is 5.32 Å². The van der Waals surface area contributed by atoms with Gasteiger partial charge in [-0.15, -0.1) is 0 Å². The summed E-state index contributed by atoms with van der Waals surface area (Å²) >= 11 is 0. The molecule has 1 N–H and O–H groups in total. The summed E-state index contributed by atoms with van der Waals surface area (Å²) in [6.07, 6.45) is 0. The largest absolute Gasteiger partial charge is 0.497 e. The lowest BCUT2D eigenvalue weighted by molar-refractivity contribution is 0.102. The third kappa shape index (κ3) is 3.62. The van der Waals surface area contributed by atoms with E-state index in [0.29, 0.717) is 33.4 Å². The molecule has 0 aliphatic heterocycles. The maximum absolute atomic E-state index is 13.2. The number of rotatable bonds is 4. The van der Waals surface area contributed by atoms with Gasteiger partial charge in [0.25, 0.3) is 5.91 Å². The Morgan fingerprint density at radius 1 is 0.966 bits per heavy atom. The molecule has 0 spiro atoms. The monoisotopic (exact) mass is 385 g/mol. The highest BCUT2D eigenvalue weighted by Crippen LogP contribution is 2.29. The Balaban J connectivity index is 1.84. The average Bonchev–Trinajstić information content (AvgIpc) is 2.74. The Morgan fingerprint density at radius 2 is 1.72 bits per heavy atom. The van der Waals surface area contributed by atoms with Gasteiger partial charge in [0, 0.05) is 5.56 Å². The van der Waals surface area contributed by atoms with Crippen LogP contribution in [0, 0.1) is 6.92 Å². The second-order valence-corrected chi connectivity index (χ2v) is 6.68. The molecular formula is C24H19NO4. The molecule has 0 bridgehead atoms. The number of methoxy groups -OCH3 is 1. The Bertz CT molecular complexity index is 1260. The first-order chi connectivity index (χ1) is 14.1. The van der Waals surface area contributed by atoms with Gasteiger partial charge >= 0.3 is 0 Å². The molecule has 4 aromatic rings. The van der Waals surface area contributed by atoms with Crippen LogP contribution in [0.2, 0.25) is 0 Å². The Hall–Kier alpha value is -3.86. The fourth-order valence-corrected chi connectivity index (χ4v) is 3.21. The summed E-state index contributed by atoms with van der Waals surface area (Å²) in [6, 6.07) is 21.2. The minimum absolute atomic E-state index is 0.125. The maximum atomic E-state index is 13.2. The number of aryl methyl sites for hydroxylation is 1. The normalized spacial score (nSPS) is 10.7. The Morgan fingerprint density at radius 3 is 2.45 bits per heavy atom. The van der Waals surface area contributed by atoms with Crippen molar-refractivity contribution in [2.75, 3.05) is 12.4 Å². The van der Waals surface area contributed by atoms with Gasteiger partial charge in [-0.2, -0.15) is 0 Å². The third-order valence-corrected chi connectivity index (χ3v) is 4.68. The van der Waals surface area contributed by atoms with Crippen molar-refractivity contribution in [3.8, 4) is 16.9 Å². The van der Waals surface area contributed by atoms with Crippen LogP contribution in [0.25, 0.3) is 22.1 Å². The molecule has 5 heteroatoms. The number of carbonyl (C=O) groups excluding carboxylic acids is 1. The van der Waals surface area contributed by atoms with Gasteiger partial charge in [0.1, 0.15) is 11.3 Å². The molecule has 0 unspecified atom stereocenters. The fraction of sp³-hybridized carbons (Fsp3) is 0.0833. The van der Waals surface area contributed by atoms with E-state index in [1.807, 2.05) is 31.2 Å². The molecule has 0 saturated heterocycles. The highest BCUT2D eigenvalue weighted by molar-refractivity contribution is 6.06. The first-order valence-corrected chi connectivity index (χ1v) is 9.15. The van der Waals surface area contributed by atoms with Crippen LogP contribution in [0.4, 0.5) is 5.88 Å². The van der Waals surface area contributed by atoms with Crippen molar-refractivity contribution in [3.63, 3.8) is 0 Å². The highest BCUT2D eigenvalue weighted by atomic mass is 16.5. The van der Waals surface area contributed by atoms with Gasteiger partial charge in [0.15, 0.2) is 0 Å². The zero-order valence-electron chi connectivity index (χ0n) is 16.1. The average molecular weight is 385 g/mol. The summed E-state index contributed by atoms with van der Waals surface area (Å²) in [6.45, 7) is 1.95. The summed E-state index contributed by atoms with van der Waals surface area (Å²) in [7, 11) is 1.56. The molecular weight excluding hydrogens is 366 g/mol. The van der Waals surface area contributed by atoms with Gasteiger partial charge in [-0.05, 0) is 48.9 Å². The molecule has 0 saturated carbocycles. The molecule has 0 aliphatic rings. The van der Waals surface area contributed by atoms with Gasteiger partial charge in [0.2, 0.25) is 11.3 Å². The number of benzene rings is 3. The number of fused-ring (bicyclic) bond motifs is 1. The summed E-state index contributed by atoms with van der Waals surface area (Å²) in [5, 5.41) is 3.23. The van der Waals surface area contributed by atoms with Crippen LogP contribution in [0.5, 0.6) is 5.75 Å². The van der Waals surface area contributed by atoms with E-state index in [4.69, 9.17) is 9.15 Å². The van der Waals surface area contributed by atoms with Gasteiger partial charge in [0.05, 0.1) is 18.1 Å². The SMILES string of the molecule is COc1ccc(C(=O)Nc2oc3ccccc3c(=O)c2-c2cccc(C)c2)cc1. The van der Waals surface area contributed by atoms with Crippen LogP contribution in [-0.4, -0.2) is 13.0 Å². The van der Waals surface area contributed by atoms with E-state index in [0.717, 1.165) is 5.56 Å². The van der Waals surface area contributed by atoms with Crippen molar-refractivity contribution in [1.82, 2.24) is 0 Å². The van der Waals surface area contributed by atoms with Crippen LogP contribution in [-0.2, 0) is 0 Å². The molecule has 0 fully saturated rings. The highest BCUT2D eigenvalue weighted by Gasteiger charge is 2.19. The summed E-state index contributed by atoms with van der Waals surface area (Å²) in [4.78, 5) is 26.0. The van der Waals surface area contributed by atoms with Gasteiger partial charge in [-0.3, -0.25) is 14.9 Å². The number of hydrogen-bond acceptors (Lipinski definition) is 4. The quantitative estimate of drug-likeness (QED) is 0.535. The number of para-hydroxylation sites is 1. The Labute approximate surface area is 167 Å². The topological polar surface area (TPSA) is 68.5 Å². The number of carbonyl (C=O) groups is 1. The smallest absolute Gasteiger partial charge is 0.257 e. The second-order valence-electron chi connectivity index (χ2n) is 6.68. The van der Waals surface area contributed by atoms with E-state index < -0.39 is 0 Å². The summed E-state index contributed by atoms with van der Waals surface area (Å²) in [5.41, 5.74) is 2.67. The minimum atomic E-state index is -0.375. The number of nitrogens with one attached hydrogen (secondary N) is 1. The van der Waals surface area contributed by atoms with Gasteiger partial charge in [-0.1, -0.05) is 42.0 Å². The molecule has 1 amide bonds. The van der Waals surface area contributed by atoms with Gasteiger partial charge in [-0.25, -0.2) is 0 Å². The van der Waals surface area contributed by atoms with Crippen molar-refractivity contribution in [2.24, 2.45) is 0 Å². The van der Waals surface area contributed by atoms with Gasteiger partial charge < -0.3 is 9.15 Å². The van der Waals surface area contributed by atoms with Crippen molar-refractivity contribution in [1.29, 1.82) is 0 Å². The first-order valence-electron chi connectivity index (χ1n) is 9.15. The molecule has 4 rings (SSSR count). The molecule has 5 nitrogen and oxygen atoms in total. The lowest BCUT2D eigenvalue weighted by atomic mass is 10.0. The van der Waals surface area contributed by atoms with Crippen molar-refractivity contribution in [3.05, 3.63) is 94.1 Å². The Kier molecular flexibility index (Phi) is 4.87. The van der Waals surface area contributed by atoms with E-state index in [1.54, 1.807) is 55.6 Å². The second kappa shape index (κ2) is 7.64. The molecule has 1 heterocycles. The zero-order valence-corrected chi connectivity index (χ0v) is 16.1. The zero-order chi connectivity index (χ0) is 20.4. The van der Waals surface area contributed by atoms with Crippen LogP contribution in [0.15, 0.2) is 82.0 Å². The molecule has 29 heavy (non-hydrogen) atoms. The standard InChI is InChI=1S/C24H19NO4/c1-15-6-5-7-17(14-15)21-22(26)19-8-3-4-9-20(19)29-24(21)25-23(27)16-10-12-18(28-2)13-11-16/h3-14H,1-2H3,(H,25,27).